The van der Waals surface area contributed by atoms with E-state index in [0.717, 1.165) is 0 Å². The number of carbonyl (C=O) groups is 4. The minimum absolute atomic E-state index is 0.131. The lowest BCUT2D eigenvalue weighted by Gasteiger charge is -2.23. The van der Waals surface area contributed by atoms with Crippen molar-refractivity contribution >= 4 is 41.0 Å². The summed E-state index contributed by atoms with van der Waals surface area (Å²) in [5.41, 5.74) is 2.85. The Balaban J connectivity index is 1.59. The number of H-pyrrole nitrogens is 1. The van der Waals surface area contributed by atoms with E-state index < -0.39 is 11.9 Å². The number of aromatic amines is 1. The molecule has 1 aromatic carbocycles. The number of hydrogen-bond donors (Lipinski definition) is 4. The number of carbonyl (C=O) groups excluding carboxylic acids is 4. The van der Waals surface area contributed by atoms with Gasteiger partial charge in [-0.05, 0) is 43.7 Å². The Kier molecular flexibility index (Phi) is 7.50. The van der Waals surface area contributed by atoms with E-state index in [1.54, 1.807) is 33.9 Å². The van der Waals surface area contributed by atoms with Crippen LogP contribution in [-0.2, 0) is 14.4 Å². The van der Waals surface area contributed by atoms with Crippen LogP contribution in [0.15, 0.2) is 24.4 Å². The van der Waals surface area contributed by atoms with Gasteiger partial charge in [-0.25, -0.2) is 4.39 Å². The molecule has 4 N–H and O–H groups in total. The third-order valence-electron chi connectivity index (χ3n) is 5.84. The molecule has 0 radical (unpaired) electrons. The summed E-state index contributed by atoms with van der Waals surface area (Å²) in [7, 11) is 1.57. The number of nitrogens with one attached hydrogen (secondary N) is 4. The van der Waals surface area contributed by atoms with Gasteiger partial charge in [0, 0.05) is 49.7 Å². The largest absolute Gasteiger partial charge is 0.361 e. The lowest BCUT2D eigenvalue weighted by molar-refractivity contribution is -0.138. The van der Waals surface area contributed by atoms with Crippen molar-refractivity contribution < 1.29 is 23.6 Å². The summed E-state index contributed by atoms with van der Waals surface area (Å²) in [6.45, 7) is 5.50. The maximum Gasteiger partial charge on any atom is 0.256 e. The van der Waals surface area contributed by atoms with Gasteiger partial charge in [0.05, 0.1) is 11.1 Å². The fourth-order valence-corrected chi connectivity index (χ4v) is 3.59. The number of rotatable bonds is 8. The van der Waals surface area contributed by atoms with Crippen LogP contribution in [0, 0.1) is 12.7 Å². The molecule has 1 aliphatic heterocycles. The fraction of sp³-hybridized carbons (Fsp3) is 0.333. The van der Waals surface area contributed by atoms with Crippen LogP contribution < -0.4 is 16.0 Å². The minimum atomic E-state index is -0.614. The van der Waals surface area contributed by atoms with Crippen molar-refractivity contribution in [2.75, 3.05) is 25.5 Å². The van der Waals surface area contributed by atoms with Crippen molar-refractivity contribution in [3.8, 4) is 0 Å². The first-order valence-corrected chi connectivity index (χ1v) is 11.0. The predicted molar refractivity (Wildman–Crippen MR) is 126 cm³/mol. The molecule has 180 valence electrons. The van der Waals surface area contributed by atoms with Gasteiger partial charge in [0.25, 0.3) is 11.8 Å². The number of nitrogens with zero attached hydrogens (tertiary/aromatic N) is 1. The second-order valence-corrected chi connectivity index (χ2v) is 8.02. The Bertz CT molecular complexity index is 1170. The highest BCUT2D eigenvalue weighted by atomic mass is 19.1. The van der Waals surface area contributed by atoms with Crippen molar-refractivity contribution in [3.05, 3.63) is 52.6 Å². The van der Waals surface area contributed by atoms with Crippen molar-refractivity contribution in [1.82, 2.24) is 20.5 Å². The van der Waals surface area contributed by atoms with Gasteiger partial charge in [-0.1, -0.05) is 6.92 Å². The molecule has 0 saturated heterocycles. The summed E-state index contributed by atoms with van der Waals surface area (Å²) in [6.07, 6.45) is 3.43. The molecule has 9 nitrogen and oxygen atoms in total. The van der Waals surface area contributed by atoms with E-state index >= 15 is 0 Å². The molecule has 3 rings (SSSR count). The van der Waals surface area contributed by atoms with Gasteiger partial charge in [0.2, 0.25) is 11.8 Å². The van der Waals surface area contributed by atoms with E-state index in [2.05, 4.69) is 20.9 Å². The van der Waals surface area contributed by atoms with Crippen LogP contribution in [-0.4, -0.2) is 59.7 Å². The van der Waals surface area contributed by atoms with Gasteiger partial charge in [-0.2, -0.15) is 0 Å². The smallest absolute Gasteiger partial charge is 0.256 e. The predicted octanol–water partition coefficient (Wildman–Crippen LogP) is 2.06. The summed E-state index contributed by atoms with van der Waals surface area (Å²) in [4.78, 5) is 53.2. The number of amides is 4. The number of anilines is 1. The normalized spacial score (nSPS) is 14.4. The van der Waals surface area contributed by atoms with Gasteiger partial charge >= 0.3 is 0 Å². The molecular weight excluding hydrogens is 441 g/mol. The molecule has 1 atom stereocenters. The molecule has 1 aliphatic rings. The number of aromatic nitrogens is 1. The van der Waals surface area contributed by atoms with Crippen molar-refractivity contribution in [2.24, 2.45) is 0 Å². The van der Waals surface area contributed by atoms with Gasteiger partial charge < -0.3 is 25.8 Å². The second kappa shape index (κ2) is 10.3. The lowest BCUT2D eigenvalue weighted by atomic mass is 10.0. The second-order valence-electron chi connectivity index (χ2n) is 8.02. The number of halogens is 1. The van der Waals surface area contributed by atoms with E-state index in [4.69, 9.17) is 0 Å². The number of likely N-dealkylation sites (N-methyl/N-ethyl adjacent to an activating group) is 1. The molecule has 2 aromatic rings. The molecule has 10 heteroatoms. The molecule has 0 unspecified atom stereocenters. The molecule has 0 fully saturated rings. The highest BCUT2D eigenvalue weighted by molar-refractivity contribution is 6.34. The monoisotopic (exact) mass is 469 g/mol. The van der Waals surface area contributed by atoms with Gasteiger partial charge in [0.1, 0.15) is 11.9 Å². The highest BCUT2D eigenvalue weighted by Crippen LogP contribution is 2.34. The topological polar surface area (TPSA) is 123 Å². The minimum Gasteiger partial charge on any atom is -0.361 e. The van der Waals surface area contributed by atoms with Crippen LogP contribution in [0.3, 0.4) is 0 Å². The van der Waals surface area contributed by atoms with Crippen molar-refractivity contribution in [1.29, 1.82) is 0 Å². The number of fused-ring (bicyclic) bond motifs is 1. The molecular formula is C24H28FN5O4. The van der Waals surface area contributed by atoms with Crippen LogP contribution in [0.1, 0.15) is 47.4 Å². The third kappa shape index (κ3) is 5.16. The van der Waals surface area contributed by atoms with E-state index in [9.17, 15) is 23.6 Å². The quantitative estimate of drug-likeness (QED) is 0.349. The van der Waals surface area contributed by atoms with E-state index in [1.807, 2.05) is 0 Å². The first-order valence-electron chi connectivity index (χ1n) is 11.0. The average molecular weight is 470 g/mol. The summed E-state index contributed by atoms with van der Waals surface area (Å²) < 4.78 is 13.7. The van der Waals surface area contributed by atoms with Gasteiger partial charge in [-0.15, -0.1) is 0 Å². The van der Waals surface area contributed by atoms with Gasteiger partial charge in [-0.3, -0.25) is 19.2 Å². The molecule has 2 heterocycles. The van der Waals surface area contributed by atoms with Gasteiger partial charge in [0.15, 0.2) is 0 Å². The Labute approximate surface area is 196 Å². The summed E-state index contributed by atoms with van der Waals surface area (Å²) in [5.74, 6) is -1.59. The highest BCUT2D eigenvalue weighted by Gasteiger charge is 2.25. The zero-order chi connectivity index (χ0) is 25.0. The first kappa shape index (κ1) is 24.7. The van der Waals surface area contributed by atoms with Crippen LogP contribution >= 0.6 is 0 Å². The Morgan fingerprint density at radius 3 is 2.62 bits per heavy atom. The molecule has 34 heavy (non-hydrogen) atoms. The standard InChI is InChI=1S/C24H28FN5O4/c1-5-21(31)30(4)14(3)22(32)26-8-9-27-23(33)18-12-28-20(13(18)2)11-17-16-10-15(25)6-7-19(16)29-24(17)34/h6-7,10-12,14,28H,5,8-9H2,1-4H3,(H,26,32)(H,27,33)(H,29,34)/b17-11-/t14-/m0/s1. The SMILES string of the molecule is CCC(=O)N(C)[C@@H](C)C(=O)NCCNC(=O)c1c[nH]c(/C=C2\C(=O)Nc3ccc(F)cc32)c1C. The first-order chi connectivity index (χ1) is 16.1. The number of hydrogen-bond acceptors (Lipinski definition) is 4. The molecule has 4 amide bonds. The summed E-state index contributed by atoms with van der Waals surface area (Å²) >= 11 is 0. The molecule has 0 saturated carbocycles. The lowest BCUT2D eigenvalue weighted by Crippen LogP contribution is -2.47. The van der Waals surface area contributed by atoms with E-state index in [1.165, 1.54) is 29.3 Å². The van der Waals surface area contributed by atoms with Crippen LogP contribution in [0.5, 0.6) is 0 Å². The zero-order valence-electron chi connectivity index (χ0n) is 19.5. The molecule has 0 spiro atoms. The summed E-state index contributed by atoms with van der Waals surface area (Å²) in [5, 5.41) is 8.12. The number of benzene rings is 1. The van der Waals surface area contributed by atoms with Crippen LogP contribution in [0.25, 0.3) is 11.6 Å². The zero-order valence-corrected chi connectivity index (χ0v) is 19.5. The Hall–Kier alpha value is -3.95. The van der Waals surface area contributed by atoms with Crippen molar-refractivity contribution in [2.45, 2.75) is 33.2 Å². The van der Waals surface area contributed by atoms with E-state index in [-0.39, 0.29) is 36.7 Å². The average Bonchev–Trinajstić information content (AvgIpc) is 3.34. The Morgan fingerprint density at radius 1 is 1.21 bits per heavy atom. The molecule has 1 aromatic heterocycles. The molecule has 0 aliphatic carbocycles. The maximum absolute atomic E-state index is 13.7. The van der Waals surface area contributed by atoms with Crippen molar-refractivity contribution in [3.63, 3.8) is 0 Å². The fourth-order valence-electron chi connectivity index (χ4n) is 3.59. The third-order valence-corrected chi connectivity index (χ3v) is 5.84. The summed E-state index contributed by atoms with van der Waals surface area (Å²) in [6, 6.07) is 3.45. The maximum atomic E-state index is 13.7. The van der Waals surface area contributed by atoms with E-state index in [0.29, 0.717) is 40.1 Å². The van der Waals surface area contributed by atoms with Crippen LogP contribution in [0.4, 0.5) is 10.1 Å². The van der Waals surface area contributed by atoms with Crippen LogP contribution in [0.2, 0.25) is 0 Å². The molecule has 0 bridgehead atoms. The Morgan fingerprint density at radius 2 is 1.91 bits per heavy atom.